The van der Waals surface area contributed by atoms with Crippen LogP contribution in [0, 0.1) is 11.6 Å². The topological polar surface area (TPSA) is 124 Å². The highest BCUT2D eigenvalue weighted by Crippen LogP contribution is 2.40. The Morgan fingerprint density at radius 2 is 1.61 bits per heavy atom. The molecule has 0 unspecified atom stereocenters. The molecular formula is C20H21F2N5O5S. The summed E-state index contributed by atoms with van der Waals surface area (Å²) in [6.45, 7) is 0. The number of sulfonamides is 1. The van der Waals surface area contributed by atoms with Crippen LogP contribution in [0.15, 0.2) is 36.5 Å². The second kappa shape index (κ2) is 9.73. The van der Waals surface area contributed by atoms with E-state index in [9.17, 15) is 17.2 Å². The summed E-state index contributed by atoms with van der Waals surface area (Å²) in [4.78, 5) is 7.96. The number of halogens is 2. The Morgan fingerprint density at radius 3 is 2.18 bits per heavy atom. The summed E-state index contributed by atoms with van der Waals surface area (Å²) in [6.07, 6.45) is 1.77. The number of hydrogen-bond acceptors (Lipinski definition) is 9. The maximum Gasteiger partial charge on any atom is 0.229 e. The molecule has 0 saturated carbocycles. The number of anilines is 5. The van der Waals surface area contributed by atoms with E-state index in [1.165, 1.54) is 33.5 Å². The number of nitrogens with one attached hydrogen (secondary N) is 3. The Hall–Kier alpha value is -3.87. The van der Waals surface area contributed by atoms with Gasteiger partial charge < -0.3 is 24.8 Å². The van der Waals surface area contributed by atoms with Crippen molar-refractivity contribution < 1.29 is 31.4 Å². The lowest BCUT2D eigenvalue weighted by atomic mass is 10.2. The highest BCUT2D eigenvalue weighted by molar-refractivity contribution is 7.92. The summed E-state index contributed by atoms with van der Waals surface area (Å²) in [5.74, 6) is -0.906. The second-order valence-corrected chi connectivity index (χ2v) is 8.34. The van der Waals surface area contributed by atoms with Gasteiger partial charge in [-0.05, 0) is 12.1 Å². The first kappa shape index (κ1) is 23.8. The Balaban J connectivity index is 1.94. The summed E-state index contributed by atoms with van der Waals surface area (Å²) in [7, 11) is 0.585. The van der Waals surface area contributed by atoms with Crippen molar-refractivity contribution in [1.29, 1.82) is 0 Å². The summed E-state index contributed by atoms with van der Waals surface area (Å²) in [5.41, 5.74) is 0.0288. The number of hydrogen-bond donors (Lipinski definition) is 3. The van der Waals surface area contributed by atoms with E-state index in [0.717, 1.165) is 18.5 Å². The minimum absolute atomic E-state index is 0.0119. The Morgan fingerprint density at radius 1 is 0.939 bits per heavy atom. The molecule has 0 saturated heterocycles. The van der Waals surface area contributed by atoms with E-state index >= 15 is 0 Å². The first-order valence-electron chi connectivity index (χ1n) is 9.28. The highest BCUT2D eigenvalue weighted by Gasteiger charge is 2.17. The van der Waals surface area contributed by atoms with Gasteiger partial charge in [0, 0.05) is 17.8 Å². The zero-order valence-corrected chi connectivity index (χ0v) is 18.9. The van der Waals surface area contributed by atoms with Crippen molar-refractivity contribution in [2.45, 2.75) is 0 Å². The van der Waals surface area contributed by atoms with Gasteiger partial charge in [-0.15, -0.1) is 0 Å². The second-order valence-electron chi connectivity index (χ2n) is 6.59. The standard InChI is InChI=1S/C20H21F2N5O5S/c1-30-15-8-11(9-16(31-2)18(15)32-3)24-20-23-10-13(22)19(26-20)25-14-7-5-6-12(21)17(14)27-33(4,28)29/h5-10,27H,1-4H3,(H2,23,24,25,26). The van der Waals surface area contributed by atoms with E-state index in [2.05, 4.69) is 25.3 Å². The van der Waals surface area contributed by atoms with Crippen LogP contribution in [-0.2, 0) is 10.0 Å². The molecule has 0 bridgehead atoms. The van der Waals surface area contributed by atoms with E-state index in [1.807, 2.05) is 0 Å². The number of aromatic nitrogens is 2. The lowest BCUT2D eigenvalue weighted by Crippen LogP contribution is -2.13. The number of benzene rings is 2. The van der Waals surface area contributed by atoms with Crippen molar-refractivity contribution in [3.63, 3.8) is 0 Å². The van der Waals surface area contributed by atoms with Crippen molar-refractivity contribution >= 4 is 38.9 Å². The van der Waals surface area contributed by atoms with Crippen molar-refractivity contribution in [2.24, 2.45) is 0 Å². The quantitative estimate of drug-likeness (QED) is 0.420. The number of nitrogens with zero attached hydrogens (tertiary/aromatic N) is 2. The molecule has 0 aliphatic carbocycles. The fourth-order valence-corrected chi connectivity index (χ4v) is 3.42. The van der Waals surface area contributed by atoms with Crippen LogP contribution in [0.3, 0.4) is 0 Å². The lowest BCUT2D eigenvalue weighted by molar-refractivity contribution is 0.324. The fraction of sp³-hybridized carbons (Fsp3) is 0.200. The minimum Gasteiger partial charge on any atom is -0.493 e. The molecule has 2 aromatic carbocycles. The maximum absolute atomic E-state index is 14.4. The maximum atomic E-state index is 14.4. The van der Waals surface area contributed by atoms with Crippen LogP contribution < -0.4 is 29.6 Å². The normalized spacial score (nSPS) is 11.0. The summed E-state index contributed by atoms with van der Waals surface area (Å²) < 4.78 is 69.7. The van der Waals surface area contributed by atoms with Gasteiger partial charge in [0.1, 0.15) is 11.5 Å². The van der Waals surface area contributed by atoms with E-state index in [1.54, 1.807) is 12.1 Å². The van der Waals surface area contributed by atoms with Gasteiger partial charge >= 0.3 is 0 Å². The summed E-state index contributed by atoms with van der Waals surface area (Å²) >= 11 is 0. The van der Waals surface area contributed by atoms with Crippen LogP contribution in [-0.4, -0.2) is 46.0 Å². The molecule has 0 aliphatic rings. The molecule has 13 heteroatoms. The third kappa shape index (κ3) is 5.68. The Bertz CT molecular complexity index is 1250. The van der Waals surface area contributed by atoms with Gasteiger partial charge in [-0.25, -0.2) is 22.2 Å². The van der Waals surface area contributed by atoms with Gasteiger partial charge in [0.15, 0.2) is 23.1 Å². The zero-order valence-electron chi connectivity index (χ0n) is 18.1. The molecule has 3 aromatic rings. The number of para-hydroxylation sites is 1. The molecule has 1 aromatic heterocycles. The molecule has 0 amide bonds. The number of rotatable bonds is 9. The lowest BCUT2D eigenvalue weighted by Gasteiger charge is -2.16. The van der Waals surface area contributed by atoms with E-state index in [0.29, 0.717) is 22.9 Å². The predicted molar refractivity (Wildman–Crippen MR) is 120 cm³/mol. The van der Waals surface area contributed by atoms with Gasteiger partial charge in [0.05, 0.1) is 39.5 Å². The van der Waals surface area contributed by atoms with Gasteiger partial charge in [0.25, 0.3) is 0 Å². The Labute approximate surface area is 189 Å². The number of ether oxygens (including phenoxy) is 3. The minimum atomic E-state index is -3.80. The molecule has 0 spiro atoms. The monoisotopic (exact) mass is 481 g/mol. The highest BCUT2D eigenvalue weighted by atomic mass is 32.2. The van der Waals surface area contributed by atoms with Crippen molar-refractivity contribution in [3.05, 3.63) is 48.2 Å². The first-order valence-corrected chi connectivity index (χ1v) is 11.2. The molecule has 0 atom stereocenters. The zero-order chi connectivity index (χ0) is 24.2. The van der Waals surface area contributed by atoms with Gasteiger partial charge in [0.2, 0.25) is 21.7 Å². The smallest absolute Gasteiger partial charge is 0.229 e. The van der Waals surface area contributed by atoms with Crippen molar-refractivity contribution in [1.82, 2.24) is 9.97 Å². The fourth-order valence-electron chi connectivity index (χ4n) is 2.84. The first-order chi connectivity index (χ1) is 15.6. The van der Waals surface area contributed by atoms with Gasteiger partial charge in [-0.3, -0.25) is 4.72 Å². The van der Waals surface area contributed by atoms with Crippen LogP contribution in [0.1, 0.15) is 0 Å². The van der Waals surface area contributed by atoms with E-state index in [4.69, 9.17) is 14.2 Å². The van der Waals surface area contributed by atoms with Gasteiger partial charge in [-0.2, -0.15) is 4.98 Å². The number of methoxy groups -OCH3 is 3. The average molecular weight is 481 g/mol. The van der Waals surface area contributed by atoms with E-state index in [-0.39, 0.29) is 23.1 Å². The largest absolute Gasteiger partial charge is 0.493 e. The molecule has 176 valence electrons. The van der Waals surface area contributed by atoms with Gasteiger partial charge in [-0.1, -0.05) is 6.07 Å². The molecular weight excluding hydrogens is 460 g/mol. The van der Waals surface area contributed by atoms with Crippen LogP contribution in [0.5, 0.6) is 17.2 Å². The van der Waals surface area contributed by atoms with Crippen molar-refractivity contribution in [2.75, 3.05) is 42.9 Å². The van der Waals surface area contributed by atoms with Crippen LogP contribution in [0.25, 0.3) is 0 Å². The molecule has 0 radical (unpaired) electrons. The molecule has 10 nitrogen and oxygen atoms in total. The van der Waals surface area contributed by atoms with Crippen LogP contribution >= 0.6 is 0 Å². The molecule has 1 heterocycles. The third-order valence-corrected chi connectivity index (χ3v) is 4.79. The molecule has 3 rings (SSSR count). The molecule has 0 aliphatic heterocycles. The van der Waals surface area contributed by atoms with Crippen molar-refractivity contribution in [3.8, 4) is 17.2 Å². The van der Waals surface area contributed by atoms with Crippen LogP contribution in [0.4, 0.5) is 37.6 Å². The Kier molecular flexibility index (Phi) is 7.01. The molecule has 33 heavy (non-hydrogen) atoms. The van der Waals surface area contributed by atoms with E-state index < -0.39 is 21.7 Å². The third-order valence-electron chi connectivity index (χ3n) is 4.22. The average Bonchev–Trinajstić information content (AvgIpc) is 2.76. The SMILES string of the molecule is COc1cc(Nc2ncc(F)c(Nc3cccc(F)c3NS(C)(=O)=O)n2)cc(OC)c1OC. The summed E-state index contributed by atoms with van der Waals surface area (Å²) in [5, 5.41) is 5.48. The predicted octanol–water partition coefficient (Wildman–Crippen LogP) is 3.64. The summed E-state index contributed by atoms with van der Waals surface area (Å²) in [6, 6.07) is 6.96. The molecule has 3 N–H and O–H groups in total. The van der Waals surface area contributed by atoms with Crippen LogP contribution in [0.2, 0.25) is 0 Å². The molecule has 0 fully saturated rings.